The number of rotatable bonds is 7. The van der Waals surface area contributed by atoms with Crippen LogP contribution in [0.15, 0.2) is 29.6 Å². The van der Waals surface area contributed by atoms with Crippen molar-refractivity contribution in [1.29, 1.82) is 0 Å². The SMILES string of the molecule is Cc1nc(-c2ccc(CCNC(=O)CCC(=O)O)cc2)cs1. The Morgan fingerprint density at radius 3 is 2.55 bits per heavy atom. The summed E-state index contributed by atoms with van der Waals surface area (Å²) in [6, 6.07) is 8.09. The number of nitrogens with one attached hydrogen (secondary N) is 1. The molecule has 1 amide bonds. The summed E-state index contributed by atoms with van der Waals surface area (Å²) in [5.41, 5.74) is 3.18. The topological polar surface area (TPSA) is 79.3 Å². The normalized spacial score (nSPS) is 10.4. The molecule has 116 valence electrons. The van der Waals surface area contributed by atoms with Gasteiger partial charge in [-0.15, -0.1) is 11.3 Å². The average Bonchev–Trinajstić information content (AvgIpc) is 2.92. The minimum Gasteiger partial charge on any atom is -0.481 e. The summed E-state index contributed by atoms with van der Waals surface area (Å²) in [5, 5.41) is 14.3. The summed E-state index contributed by atoms with van der Waals surface area (Å²) in [7, 11) is 0. The molecule has 22 heavy (non-hydrogen) atoms. The average molecular weight is 318 g/mol. The van der Waals surface area contributed by atoms with E-state index in [0.29, 0.717) is 6.54 Å². The van der Waals surface area contributed by atoms with Gasteiger partial charge in [0.1, 0.15) is 0 Å². The Morgan fingerprint density at radius 2 is 1.95 bits per heavy atom. The fraction of sp³-hybridized carbons (Fsp3) is 0.312. The van der Waals surface area contributed by atoms with E-state index in [0.717, 1.165) is 28.2 Å². The third kappa shape index (κ3) is 4.96. The zero-order valence-electron chi connectivity index (χ0n) is 12.3. The van der Waals surface area contributed by atoms with Gasteiger partial charge >= 0.3 is 5.97 Å². The second-order valence-electron chi connectivity index (χ2n) is 4.94. The Balaban J connectivity index is 1.79. The Hall–Kier alpha value is -2.21. The molecule has 1 aromatic heterocycles. The molecule has 0 aliphatic heterocycles. The predicted octanol–water partition coefficient (Wildman–Crippen LogP) is 2.64. The van der Waals surface area contributed by atoms with Crippen LogP contribution in [0.5, 0.6) is 0 Å². The molecule has 0 saturated heterocycles. The highest BCUT2D eigenvalue weighted by atomic mass is 32.1. The van der Waals surface area contributed by atoms with Crippen LogP contribution in [-0.4, -0.2) is 28.5 Å². The Bertz CT molecular complexity index is 650. The van der Waals surface area contributed by atoms with Gasteiger partial charge in [-0.1, -0.05) is 24.3 Å². The standard InChI is InChI=1S/C16H18N2O3S/c1-11-18-14(10-22-11)13-4-2-12(3-5-13)8-9-17-15(19)6-7-16(20)21/h2-5,10H,6-9H2,1H3,(H,17,19)(H,20,21). The van der Waals surface area contributed by atoms with Crippen molar-refractivity contribution in [3.63, 3.8) is 0 Å². The van der Waals surface area contributed by atoms with Crippen LogP contribution in [0.3, 0.4) is 0 Å². The maximum Gasteiger partial charge on any atom is 0.303 e. The lowest BCUT2D eigenvalue weighted by Crippen LogP contribution is -2.25. The van der Waals surface area contributed by atoms with Gasteiger partial charge in [0.05, 0.1) is 17.1 Å². The maximum absolute atomic E-state index is 11.4. The Kier molecular flexibility index (Phi) is 5.66. The van der Waals surface area contributed by atoms with Crippen LogP contribution in [0.25, 0.3) is 11.3 Å². The molecule has 6 heteroatoms. The zero-order chi connectivity index (χ0) is 15.9. The molecule has 0 unspecified atom stereocenters. The first-order chi connectivity index (χ1) is 10.5. The lowest BCUT2D eigenvalue weighted by atomic mass is 10.1. The molecule has 2 rings (SSSR count). The van der Waals surface area contributed by atoms with Gasteiger partial charge in [-0.3, -0.25) is 9.59 Å². The highest BCUT2D eigenvalue weighted by Crippen LogP contribution is 2.21. The fourth-order valence-electron chi connectivity index (χ4n) is 1.99. The first-order valence-electron chi connectivity index (χ1n) is 7.04. The summed E-state index contributed by atoms with van der Waals surface area (Å²) in [6.45, 7) is 2.49. The molecule has 0 atom stereocenters. The van der Waals surface area contributed by atoms with Crippen LogP contribution in [0.1, 0.15) is 23.4 Å². The van der Waals surface area contributed by atoms with E-state index < -0.39 is 5.97 Å². The van der Waals surface area contributed by atoms with Crippen molar-refractivity contribution in [1.82, 2.24) is 10.3 Å². The van der Waals surface area contributed by atoms with E-state index in [1.807, 2.05) is 36.6 Å². The number of aliphatic carboxylic acids is 1. The van der Waals surface area contributed by atoms with Crippen LogP contribution in [0.2, 0.25) is 0 Å². The molecule has 0 bridgehead atoms. The monoisotopic (exact) mass is 318 g/mol. The third-order valence-corrected chi connectivity index (χ3v) is 3.94. The first-order valence-corrected chi connectivity index (χ1v) is 7.92. The van der Waals surface area contributed by atoms with Gasteiger partial charge in [-0.05, 0) is 18.9 Å². The number of nitrogens with zero attached hydrogens (tertiary/aromatic N) is 1. The zero-order valence-corrected chi connectivity index (χ0v) is 13.2. The van der Waals surface area contributed by atoms with E-state index in [2.05, 4.69) is 10.3 Å². The number of carbonyl (C=O) groups is 2. The molecule has 0 aliphatic rings. The number of hydrogen-bond acceptors (Lipinski definition) is 4. The molecule has 0 spiro atoms. The van der Waals surface area contributed by atoms with Crippen LogP contribution < -0.4 is 5.32 Å². The smallest absolute Gasteiger partial charge is 0.303 e. The van der Waals surface area contributed by atoms with Crippen molar-refractivity contribution >= 4 is 23.2 Å². The van der Waals surface area contributed by atoms with Crippen LogP contribution in [0.4, 0.5) is 0 Å². The van der Waals surface area contributed by atoms with Crippen molar-refractivity contribution in [2.75, 3.05) is 6.54 Å². The summed E-state index contributed by atoms with van der Waals surface area (Å²) in [5.74, 6) is -1.18. The molecule has 2 aromatic rings. The summed E-state index contributed by atoms with van der Waals surface area (Å²) in [6.07, 6.45) is 0.611. The van der Waals surface area contributed by atoms with Crippen molar-refractivity contribution in [3.8, 4) is 11.3 Å². The molecule has 0 saturated carbocycles. The lowest BCUT2D eigenvalue weighted by molar-refractivity contribution is -0.138. The van der Waals surface area contributed by atoms with Gasteiger partial charge in [0.15, 0.2) is 0 Å². The van der Waals surface area contributed by atoms with Crippen molar-refractivity contribution < 1.29 is 14.7 Å². The molecular formula is C16H18N2O3S. The van der Waals surface area contributed by atoms with Crippen LogP contribution in [0, 0.1) is 6.92 Å². The quantitative estimate of drug-likeness (QED) is 0.822. The van der Waals surface area contributed by atoms with Crippen LogP contribution in [-0.2, 0) is 16.0 Å². The van der Waals surface area contributed by atoms with Crippen molar-refractivity contribution in [2.24, 2.45) is 0 Å². The lowest BCUT2D eigenvalue weighted by Gasteiger charge is -2.05. The van der Waals surface area contributed by atoms with E-state index in [4.69, 9.17) is 5.11 Å². The summed E-state index contributed by atoms with van der Waals surface area (Å²) >= 11 is 1.63. The van der Waals surface area contributed by atoms with Gasteiger partial charge in [-0.2, -0.15) is 0 Å². The Morgan fingerprint density at radius 1 is 1.23 bits per heavy atom. The molecule has 1 aromatic carbocycles. The number of carbonyl (C=O) groups excluding carboxylic acids is 1. The van der Waals surface area contributed by atoms with Gasteiger partial charge in [0.25, 0.3) is 0 Å². The number of amides is 1. The van der Waals surface area contributed by atoms with Crippen molar-refractivity contribution in [3.05, 3.63) is 40.2 Å². The van der Waals surface area contributed by atoms with Gasteiger partial charge < -0.3 is 10.4 Å². The van der Waals surface area contributed by atoms with Gasteiger partial charge in [0.2, 0.25) is 5.91 Å². The van der Waals surface area contributed by atoms with Crippen molar-refractivity contribution in [2.45, 2.75) is 26.2 Å². The second-order valence-corrected chi connectivity index (χ2v) is 6.00. The van der Waals surface area contributed by atoms with E-state index >= 15 is 0 Å². The maximum atomic E-state index is 11.4. The number of aromatic nitrogens is 1. The molecule has 1 heterocycles. The molecule has 0 aliphatic carbocycles. The predicted molar refractivity (Wildman–Crippen MR) is 85.9 cm³/mol. The van der Waals surface area contributed by atoms with E-state index in [-0.39, 0.29) is 18.7 Å². The molecule has 2 N–H and O–H groups in total. The Labute approximate surface area is 133 Å². The highest BCUT2D eigenvalue weighted by Gasteiger charge is 2.05. The summed E-state index contributed by atoms with van der Waals surface area (Å²) in [4.78, 5) is 26.2. The van der Waals surface area contributed by atoms with Gasteiger partial charge in [0, 0.05) is 23.9 Å². The third-order valence-electron chi connectivity index (χ3n) is 3.17. The fourth-order valence-corrected chi connectivity index (χ4v) is 2.62. The number of thiazole rings is 1. The second kappa shape index (κ2) is 7.70. The minimum absolute atomic E-state index is 0.0252. The number of carboxylic acids is 1. The van der Waals surface area contributed by atoms with E-state index in [1.54, 1.807) is 11.3 Å². The van der Waals surface area contributed by atoms with E-state index in [9.17, 15) is 9.59 Å². The highest BCUT2D eigenvalue weighted by molar-refractivity contribution is 7.09. The number of carboxylic acid groups (broad SMARTS) is 1. The van der Waals surface area contributed by atoms with Gasteiger partial charge in [-0.25, -0.2) is 4.98 Å². The van der Waals surface area contributed by atoms with Crippen LogP contribution >= 0.6 is 11.3 Å². The van der Waals surface area contributed by atoms with E-state index in [1.165, 1.54) is 0 Å². The first kappa shape index (κ1) is 16.2. The molecule has 5 nitrogen and oxygen atoms in total. The number of aryl methyl sites for hydroxylation is 1. The molecule has 0 fully saturated rings. The minimum atomic E-state index is -0.956. The largest absolute Gasteiger partial charge is 0.481 e. The number of benzene rings is 1. The molecule has 0 radical (unpaired) electrons. The summed E-state index contributed by atoms with van der Waals surface area (Å²) < 4.78 is 0. The number of hydrogen-bond donors (Lipinski definition) is 2. The molecular weight excluding hydrogens is 300 g/mol.